The van der Waals surface area contributed by atoms with Crippen LogP contribution < -0.4 is 10.1 Å². The maximum absolute atomic E-state index is 6.10. The number of pyridine rings is 1. The van der Waals surface area contributed by atoms with Crippen LogP contribution in [-0.2, 0) is 0 Å². The largest absolute Gasteiger partial charge is 0.487 e. The highest BCUT2D eigenvalue weighted by atomic mass is 16.5. The average molecular weight is 244 g/mol. The lowest BCUT2D eigenvalue weighted by Gasteiger charge is -2.22. The molecule has 0 radical (unpaired) electrons. The molecule has 96 valence electrons. The minimum Gasteiger partial charge on any atom is -0.487 e. The van der Waals surface area contributed by atoms with Crippen molar-refractivity contribution in [3.05, 3.63) is 36.5 Å². The second kappa shape index (κ2) is 5.83. The molecule has 3 heteroatoms. The average Bonchev–Trinajstić information content (AvgIpc) is 2.38. The van der Waals surface area contributed by atoms with E-state index in [1.54, 1.807) is 6.20 Å². The number of rotatable bonds is 5. The lowest BCUT2D eigenvalue weighted by molar-refractivity contribution is 0.153. The number of para-hydroxylation sites is 1. The fourth-order valence-corrected chi connectivity index (χ4v) is 1.95. The third kappa shape index (κ3) is 2.79. The van der Waals surface area contributed by atoms with Crippen LogP contribution in [-0.4, -0.2) is 24.7 Å². The standard InChI is InChI=1S/C15H20N2O/c1-11(2)14(10-16-3)18-13-8-4-6-12-7-5-9-17-15(12)13/h4-9,11,14,16H,10H2,1-3H3. The van der Waals surface area contributed by atoms with Crippen molar-refractivity contribution in [2.24, 2.45) is 5.92 Å². The first-order valence-electron chi connectivity index (χ1n) is 6.37. The Morgan fingerprint density at radius 3 is 2.72 bits per heavy atom. The fourth-order valence-electron chi connectivity index (χ4n) is 1.95. The van der Waals surface area contributed by atoms with Crippen molar-refractivity contribution in [2.45, 2.75) is 20.0 Å². The summed E-state index contributed by atoms with van der Waals surface area (Å²) in [5.74, 6) is 1.32. The molecule has 0 spiro atoms. The summed E-state index contributed by atoms with van der Waals surface area (Å²) in [6, 6.07) is 10.0. The van der Waals surface area contributed by atoms with E-state index in [0.29, 0.717) is 5.92 Å². The Morgan fingerprint density at radius 1 is 1.22 bits per heavy atom. The van der Waals surface area contributed by atoms with Crippen LogP contribution in [0.4, 0.5) is 0 Å². The molecule has 0 saturated heterocycles. The minimum absolute atomic E-state index is 0.155. The van der Waals surface area contributed by atoms with Crippen LogP contribution in [0.3, 0.4) is 0 Å². The number of fused-ring (bicyclic) bond motifs is 1. The van der Waals surface area contributed by atoms with Crippen molar-refractivity contribution < 1.29 is 4.74 Å². The summed E-state index contributed by atoms with van der Waals surface area (Å²) in [7, 11) is 1.94. The highest BCUT2D eigenvalue weighted by Gasteiger charge is 2.15. The summed E-state index contributed by atoms with van der Waals surface area (Å²) in [4.78, 5) is 4.41. The molecule has 0 fully saturated rings. The van der Waals surface area contributed by atoms with E-state index in [1.807, 2.05) is 25.2 Å². The van der Waals surface area contributed by atoms with E-state index >= 15 is 0 Å². The number of likely N-dealkylation sites (N-methyl/N-ethyl adjacent to an activating group) is 1. The molecule has 2 rings (SSSR count). The van der Waals surface area contributed by atoms with Gasteiger partial charge in [0.25, 0.3) is 0 Å². The molecule has 2 aromatic rings. The van der Waals surface area contributed by atoms with Crippen LogP contribution in [0.25, 0.3) is 10.9 Å². The summed E-state index contributed by atoms with van der Waals surface area (Å²) in [5.41, 5.74) is 0.932. The predicted octanol–water partition coefficient (Wildman–Crippen LogP) is 2.86. The lowest BCUT2D eigenvalue weighted by atomic mass is 10.1. The Labute approximate surface area is 108 Å². The molecule has 1 N–H and O–H groups in total. The zero-order chi connectivity index (χ0) is 13.0. The zero-order valence-electron chi connectivity index (χ0n) is 11.2. The quantitative estimate of drug-likeness (QED) is 0.878. The number of nitrogens with one attached hydrogen (secondary N) is 1. The summed E-state index contributed by atoms with van der Waals surface area (Å²) < 4.78 is 6.10. The van der Waals surface area contributed by atoms with E-state index in [4.69, 9.17) is 4.74 Å². The number of benzene rings is 1. The van der Waals surface area contributed by atoms with Gasteiger partial charge in [0, 0.05) is 18.1 Å². The van der Waals surface area contributed by atoms with Gasteiger partial charge in [-0.05, 0) is 25.1 Å². The van der Waals surface area contributed by atoms with E-state index < -0.39 is 0 Å². The van der Waals surface area contributed by atoms with Crippen molar-refractivity contribution in [1.29, 1.82) is 0 Å². The molecule has 0 aliphatic carbocycles. The molecule has 0 bridgehead atoms. The van der Waals surface area contributed by atoms with Crippen LogP contribution in [0.15, 0.2) is 36.5 Å². The third-order valence-electron chi connectivity index (χ3n) is 3.02. The van der Waals surface area contributed by atoms with Crippen LogP contribution in [0.1, 0.15) is 13.8 Å². The van der Waals surface area contributed by atoms with Crippen molar-refractivity contribution in [2.75, 3.05) is 13.6 Å². The van der Waals surface area contributed by atoms with Crippen molar-refractivity contribution in [3.63, 3.8) is 0 Å². The molecule has 18 heavy (non-hydrogen) atoms. The van der Waals surface area contributed by atoms with Crippen LogP contribution in [0.2, 0.25) is 0 Å². The second-order valence-electron chi connectivity index (χ2n) is 4.79. The Kier molecular flexibility index (Phi) is 4.15. The smallest absolute Gasteiger partial charge is 0.146 e. The van der Waals surface area contributed by atoms with Gasteiger partial charge in [-0.15, -0.1) is 0 Å². The summed E-state index contributed by atoms with van der Waals surface area (Å²) in [5, 5.41) is 4.28. The monoisotopic (exact) mass is 244 g/mol. The molecule has 1 aromatic heterocycles. The maximum atomic E-state index is 6.10. The van der Waals surface area contributed by atoms with Gasteiger partial charge in [-0.1, -0.05) is 32.0 Å². The Hall–Kier alpha value is -1.61. The molecule has 0 aliphatic rings. The molecule has 0 saturated carbocycles. The molecule has 0 aliphatic heterocycles. The Balaban J connectivity index is 2.30. The molecule has 3 nitrogen and oxygen atoms in total. The first-order valence-corrected chi connectivity index (χ1v) is 6.37. The second-order valence-corrected chi connectivity index (χ2v) is 4.79. The van der Waals surface area contributed by atoms with E-state index in [9.17, 15) is 0 Å². The SMILES string of the molecule is CNCC(Oc1cccc2cccnc12)C(C)C. The van der Waals surface area contributed by atoms with E-state index in [2.05, 4.69) is 36.3 Å². The first-order chi connectivity index (χ1) is 8.72. The van der Waals surface area contributed by atoms with Gasteiger partial charge in [0.1, 0.15) is 17.4 Å². The van der Waals surface area contributed by atoms with Crippen LogP contribution in [0.5, 0.6) is 5.75 Å². The summed E-state index contributed by atoms with van der Waals surface area (Å²) in [6.07, 6.45) is 1.96. The number of nitrogens with zero attached hydrogens (tertiary/aromatic N) is 1. The normalized spacial score (nSPS) is 12.9. The number of hydrogen-bond acceptors (Lipinski definition) is 3. The van der Waals surface area contributed by atoms with Gasteiger partial charge < -0.3 is 10.1 Å². The van der Waals surface area contributed by atoms with Gasteiger partial charge in [0.05, 0.1) is 0 Å². The minimum atomic E-state index is 0.155. The Morgan fingerprint density at radius 2 is 2.00 bits per heavy atom. The highest BCUT2D eigenvalue weighted by molar-refractivity contribution is 5.84. The molecule has 0 amide bonds. The predicted molar refractivity (Wildman–Crippen MR) is 74.9 cm³/mol. The summed E-state index contributed by atoms with van der Waals surface area (Å²) in [6.45, 7) is 5.17. The van der Waals surface area contributed by atoms with E-state index in [-0.39, 0.29) is 6.10 Å². The Bertz CT molecular complexity index is 505. The van der Waals surface area contributed by atoms with Crippen molar-refractivity contribution in [1.82, 2.24) is 10.3 Å². The number of ether oxygens (including phenoxy) is 1. The van der Waals surface area contributed by atoms with Gasteiger partial charge in [-0.25, -0.2) is 0 Å². The topological polar surface area (TPSA) is 34.1 Å². The van der Waals surface area contributed by atoms with Crippen LogP contribution >= 0.6 is 0 Å². The van der Waals surface area contributed by atoms with Gasteiger partial charge in [-0.2, -0.15) is 0 Å². The summed E-state index contributed by atoms with van der Waals surface area (Å²) >= 11 is 0. The molecular weight excluding hydrogens is 224 g/mol. The van der Waals surface area contributed by atoms with Crippen molar-refractivity contribution in [3.8, 4) is 5.75 Å². The van der Waals surface area contributed by atoms with Gasteiger partial charge in [0.15, 0.2) is 0 Å². The third-order valence-corrected chi connectivity index (χ3v) is 3.02. The zero-order valence-corrected chi connectivity index (χ0v) is 11.2. The maximum Gasteiger partial charge on any atom is 0.146 e. The molecule has 1 heterocycles. The number of aromatic nitrogens is 1. The molecule has 1 unspecified atom stereocenters. The fraction of sp³-hybridized carbons (Fsp3) is 0.400. The molecule has 1 aromatic carbocycles. The highest BCUT2D eigenvalue weighted by Crippen LogP contribution is 2.25. The van der Waals surface area contributed by atoms with Crippen LogP contribution in [0, 0.1) is 5.92 Å². The van der Waals surface area contributed by atoms with Gasteiger partial charge in [0.2, 0.25) is 0 Å². The van der Waals surface area contributed by atoms with E-state index in [0.717, 1.165) is 23.2 Å². The molecule has 1 atom stereocenters. The number of hydrogen-bond donors (Lipinski definition) is 1. The first kappa shape index (κ1) is 12.8. The van der Waals surface area contributed by atoms with Gasteiger partial charge in [-0.3, -0.25) is 4.98 Å². The molecular formula is C15H20N2O. The van der Waals surface area contributed by atoms with Gasteiger partial charge >= 0.3 is 0 Å². The lowest BCUT2D eigenvalue weighted by Crippen LogP contribution is -2.33. The van der Waals surface area contributed by atoms with E-state index in [1.165, 1.54) is 0 Å². The van der Waals surface area contributed by atoms with Crippen molar-refractivity contribution >= 4 is 10.9 Å².